The van der Waals surface area contributed by atoms with Gasteiger partial charge in [0.1, 0.15) is 0 Å². The lowest BCUT2D eigenvalue weighted by Gasteiger charge is -2.26. The SMILES string of the molecule is C#CCNC1CCc2c(cccc2NC(C)=O)C1.Cl. The maximum Gasteiger partial charge on any atom is 0.221 e. The summed E-state index contributed by atoms with van der Waals surface area (Å²) in [6.45, 7) is 2.16. The number of terminal acetylenes is 1. The summed E-state index contributed by atoms with van der Waals surface area (Å²) in [5.41, 5.74) is 3.53. The molecule has 19 heavy (non-hydrogen) atoms. The maximum absolute atomic E-state index is 11.2. The number of hydrogen-bond acceptors (Lipinski definition) is 2. The number of carbonyl (C=O) groups is 1. The van der Waals surface area contributed by atoms with Crippen LogP contribution in [0.15, 0.2) is 18.2 Å². The van der Waals surface area contributed by atoms with Crippen molar-refractivity contribution in [2.24, 2.45) is 0 Å². The minimum Gasteiger partial charge on any atom is -0.326 e. The molecule has 0 bridgehead atoms. The van der Waals surface area contributed by atoms with Gasteiger partial charge in [0, 0.05) is 18.7 Å². The summed E-state index contributed by atoms with van der Waals surface area (Å²) in [4.78, 5) is 11.2. The Morgan fingerprint density at radius 2 is 2.32 bits per heavy atom. The van der Waals surface area contributed by atoms with Crippen molar-refractivity contribution in [3.8, 4) is 12.3 Å². The number of benzene rings is 1. The van der Waals surface area contributed by atoms with Crippen LogP contribution in [-0.2, 0) is 17.6 Å². The summed E-state index contributed by atoms with van der Waals surface area (Å²) in [6, 6.07) is 6.54. The molecular weight excluding hydrogens is 260 g/mol. The monoisotopic (exact) mass is 278 g/mol. The molecular formula is C15H19ClN2O. The number of halogens is 1. The molecule has 0 fully saturated rings. The Morgan fingerprint density at radius 3 is 3.00 bits per heavy atom. The second-order valence-corrected chi connectivity index (χ2v) is 4.65. The molecule has 0 saturated heterocycles. The fourth-order valence-corrected chi connectivity index (χ4v) is 2.49. The van der Waals surface area contributed by atoms with Crippen LogP contribution in [0.1, 0.15) is 24.5 Å². The summed E-state index contributed by atoms with van der Waals surface area (Å²) in [6.07, 6.45) is 8.28. The summed E-state index contributed by atoms with van der Waals surface area (Å²) in [5, 5.41) is 6.25. The van der Waals surface area contributed by atoms with Crippen LogP contribution in [0.25, 0.3) is 0 Å². The summed E-state index contributed by atoms with van der Waals surface area (Å²) >= 11 is 0. The molecule has 1 aromatic carbocycles. The predicted molar refractivity (Wildman–Crippen MR) is 80.6 cm³/mol. The van der Waals surface area contributed by atoms with Crippen LogP contribution in [0.4, 0.5) is 5.69 Å². The van der Waals surface area contributed by atoms with Crippen molar-refractivity contribution in [3.63, 3.8) is 0 Å². The number of hydrogen-bond donors (Lipinski definition) is 2. The topological polar surface area (TPSA) is 41.1 Å². The highest BCUT2D eigenvalue weighted by Crippen LogP contribution is 2.28. The average molecular weight is 279 g/mol. The summed E-state index contributed by atoms with van der Waals surface area (Å²) in [7, 11) is 0. The fraction of sp³-hybridized carbons (Fsp3) is 0.400. The number of fused-ring (bicyclic) bond motifs is 1. The Hall–Kier alpha value is -1.50. The second-order valence-electron chi connectivity index (χ2n) is 4.65. The van der Waals surface area contributed by atoms with Gasteiger partial charge in [-0.25, -0.2) is 0 Å². The van der Waals surface area contributed by atoms with Gasteiger partial charge in [-0.1, -0.05) is 18.1 Å². The van der Waals surface area contributed by atoms with Crippen LogP contribution >= 0.6 is 12.4 Å². The molecule has 4 heteroatoms. The van der Waals surface area contributed by atoms with Gasteiger partial charge in [0.2, 0.25) is 5.91 Å². The average Bonchev–Trinajstić information content (AvgIpc) is 2.35. The van der Waals surface area contributed by atoms with E-state index in [0.29, 0.717) is 12.6 Å². The molecule has 2 N–H and O–H groups in total. The van der Waals surface area contributed by atoms with E-state index in [0.717, 1.165) is 24.9 Å². The molecule has 0 heterocycles. The standard InChI is InChI=1S/C15H18N2O.ClH/c1-3-9-16-13-7-8-14-12(10-13)5-4-6-15(14)17-11(2)18;/h1,4-6,13,16H,7-10H2,2H3,(H,17,18);1H. The fourth-order valence-electron chi connectivity index (χ4n) is 2.49. The van der Waals surface area contributed by atoms with E-state index in [9.17, 15) is 4.79 Å². The number of nitrogens with one attached hydrogen (secondary N) is 2. The zero-order valence-corrected chi connectivity index (χ0v) is 11.8. The van der Waals surface area contributed by atoms with Crippen LogP contribution < -0.4 is 10.6 Å². The zero-order valence-electron chi connectivity index (χ0n) is 11.0. The number of amides is 1. The molecule has 0 spiro atoms. The van der Waals surface area contributed by atoms with Crippen LogP contribution in [0, 0.1) is 12.3 Å². The van der Waals surface area contributed by atoms with E-state index in [2.05, 4.69) is 22.6 Å². The van der Waals surface area contributed by atoms with E-state index in [1.807, 2.05) is 12.1 Å². The second kappa shape index (κ2) is 7.18. The first-order valence-electron chi connectivity index (χ1n) is 6.26. The van der Waals surface area contributed by atoms with E-state index in [1.54, 1.807) is 6.92 Å². The molecule has 2 rings (SSSR count). The first-order chi connectivity index (χ1) is 8.70. The van der Waals surface area contributed by atoms with Gasteiger partial charge in [0.25, 0.3) is 0 Å². The van der Waals surface area contributed by atoms with Gasteiger partial charge >= 0.3 is 0 Å². The van der Waals surface area contributed by atoms with Gasteiger partial charge in [0.15, 0.2) is 0 Å². The van der Waals surface area contributed by atoms with Crippen LogP contribution in [0.3, 0.4) is 0 Å². The van der Waals surface area contributed by atoms with Gasteiger partial charge in [-0.3, -0.25) is 4.79 Å². The smallest absolute Gasteiger partial charge is 0.221 e. The van der Waals surface area contributed by atoms with Gasteiger partial charge < -0.3 is 10.6 Å². The number of rotatable bonds is 3. The quantitative estimate of drug-likeness (QED) is 0.832. The van der Waals surface area contributed by atoms with E-state index in [1.165, 1.54) is 11.1 Å². The lowest BCUT2D eigenvalue weighted by Crippen LogP contribution is -2.35. The van der Waals surface area contributed by atoms with Crippen LogP contribution in [0.5, 0.6) is 0 Å². The van der Waals surface area contributed by atoms with E-state index in [4.69, 9.17) is 6.42 Å². The van der Waals surface area contributed by atoms with Gasteiger partial charge in [-0.2, -0.15) is 0 Å². The molecule has 0 saturated carbocycles. The van der Waals surface area contributed by atoms with E-state index < -0.39 is 0 Å². The first kappa shape index (κ1) is 15.6. The Bertz CT molecular complexity index is 493. The molecule has 1 unspecified atom stereocenters. The largest absolute Gasteiger partial charge is 0.326 e. The van der Waals surface area contributed by atoms with Crippen LogP contribution in [-0.4, -0.2) is 18.5 Å². The Balaban J connectivity index is 0.00000180. The molecule has 1 amide bonds. The van der Waals surface area contributed by atoms with Crippen molar-refractivity contribution in [2.75, 3.05) is 11.9 Å². The molecule has 0 radical (unpaired) electrons. The molecule has 102 valence electrons. The van der Waals surface area contributed by atoms with Crippen molar-refractivity contribution in [1.29, 1.82) is 0 Å². The van der Waals surface area contributed by atoms with Crippen molar-refractivity contribution in [2.45, 2.75) is 32.2 Å². The molecule has 3 nitrogen and oxygen atoms in total. The Kier molecular flexibility index (Phi) is 5.88. The third-order valence-electron chi connectivity index (χ3n) is 3.29. The van der Waals surface area contributed by atoms with Crippen molar-refractivity contribution in [1.82, 2.24) is 5.32 Å². The van der Waals surface area contributed by atoms with Gasteiger partial charge in [-0.15, -0.1) is 18.8 Å². The summed E-state index contributed by atoms with van der Waals surface area (Å²) in [5.74, 6) is 2.59. The zero-order chi connectivity index (χ0) is 13.0. The van der Waals surface area contributed by atoms with Crippen molar-refractivity contribution in [3.05, 3.63) is 29.3 Å². The first-order valence-corrected chi connectivity index (χ1v) is 6.26. The highest BCUT2D eigenvalue weighted by atomic mass is 35.5. The summed E-state index contributed by atoms with van der Waals surface area (Å²) < 4.78 is 0. The van der Waals surface area contributed by atoms with Crippen molar-refractivity contribution < 1.29 is 4.79 Å². The van der Waals surface area contributed by atoms with Crippen molar-refractivity contribution >= 4 is 24.0 Å². The molecule has 1 aromatic rings. The lowest BCUT2D eigenvalue weighted by molar-refractivity contribution is -0.114. The number of anilines is 1. The lowest BCUT2D eigenvalue weighted by atomic mass is 9.87. The highest BCUT2D eigenvalue weighted by Gasteiger charge is 2.20. The maximum atomic E-state index is 11.2. The molecule has 0 aromatic heterocycles. The van der Waals surface area contributed by atoms with Gasteiger partial charge in [0.05, 0.1) is 6.54 Å². The normalized spacial score (nSPS) is 16.7. The highest BCUT2D eigenvalue weighted by molar-refractivity contribution is 5.89. The third-order valence-corrected chi connectivity index (χ3v) is 3.29. The molecule has 1 aliphatic carbocycles. The molecule has 1 atom stereocenters. The Labute approximate surface area is 120 Å². The predicted octanol–water partition coefficient (Wildman–Crippen LogP) is 2.15. The Morgan fingerprint density at radius 1 is 1.53 bits per heavy atom. The van der Waals surface area contributed by atoms with Gasteiger partial charge in [-0.05, 0) is 36.5 Å². The minimum atomic E-state index is -0.0176. The molecule has 1 aliphatic rings. The van der Waals surface area contributed by atoms with E-state index in [-0.39, 0.29) is 18.3 Å². The minimum absolute atomic E-state index is 0. The third kappa shape index (κ3) is 3.99. The number of carbonyl (C=O) groups excluding carboxylic acids is 1. The van der Waals surface area contributed by atoms with E-state index >= 15 is 0 Å². The molecule has 0 aliphatic heterocycles. The van der Waals surface area contributed by atoms with Crippen LogP contribution in [0.2, 0.25) is 0 Å².